The number of phenols is 1. The van der Waals surface area contributed by atoms with Gasteiger partial charge in [0.2, 0.25) is 0 Å². The summed E-state index contributed by atoms with van der Waals surface area (Å²) in [5.41, 5.74) is 1.44. The van der Waals surface area contributed by atoms with Gasteiger partial charge in [0.15, 0.2) is 0 Å². The van der Waals surface area contributed by atoms with Crippen molar-refractivity contribution in [2.45, 2.75) is 52.2 Å². The summed E-state index contributed by atoms with van der Waals surface area (Å²) in [6.45, 7) is 12.2. The van der Waals surface area contributed by atoms with E-state index in [0.717, 1.165) is 19.6 Å². The van der Waals surface area contributed by atoms with E-state index in [2.05, 4.69) is 37.9 Å². The molecular formula is C17H28N2O. The number of nitrogens with one attached hydrogen (secondary N) is 1. The second kappa shape index (κ2) is 6.15. The molecule has 2 rings (SSSR count). The fourth-order valence-corrected chi connectivity index (χ4v) is 3.01. The zero-order valence-electron chi connectivity index (χ0n) is 13.2. The molecule has 112 valence electrons. The van der Waals surface area contributed by atoms with Crippen molar-refractivity contribution >= 4 is 0 Å². The predicted molar refractivity (Wildman–Crippen MR) is 83.8 cm³/mol. The first kappa shape index (κ1) is 15.3. The van der Waals surface area contributed by atoms with E-state index in [0.29, 0.717) is 17.7 Å². The molecule has 1 aromatic carbocycles. The molecule has 1 saturated heterocycles. The van der Waals surface area contributed by atoms with Crippen LogP contribution in [0.15, 0.2) is 24.3 Å². The molecule has 1 aliphatic rings. The van der Waals surface area contributed by atoms with Crippen LogP contribution < -0.4 is 5.32 Å². The van der Waals surface area contributed by atoms with E-state index in [1.807, 2.05) is 12.1 Å². The summed E-state index contributed by atoms with van der Waals surface area (Å²) in [6.07, 6.45) is 1.22. The van der Waals surface area contributed by atoms with Crippen molar-refractivity contribution < 1.29 is 5.11 Å². The van der Waals surface area contributed by atoms with Crippen molar-refractivity contribution in [1.29, 1.82) is 0 Å². The number of phenolic OH excluding ortho intramolecular Hbond substituents is 1. The maximum absolute atomic E-state index is 9.39. The van der Waals surface area contributed by atoms with Crippen LogP contribution in [0.1, 0.15) is 39.7 Å². The average Bonchev–Trinajstić information content (AvgIpc) is 2.35. The summed E-state index contributed by atoms with van der Waals surface area (Å²) in [6, 6.07) is 8.20. The van der Waals surface area contributed by atoms with Gasteiger partial charge in [0, 0.05) is 31.2 Å². The highest BCUT2D eigenvalue weighted by Crippen LogP contribution is 2.23. The van der Waals surface area contributed by atoms with Crippen LogP contribution in [-0.4, -0.2) is 34.7 Å². The molecule has 1 fully saturated rings. The Balaban J connectivity index is 2.08. The van der Waals surface area contributed by atoms with Gasteiger partial charge in [-0.1, -0.05) is 26.0 Å². The molecule has 0 spiro atoms. The Labute approximate surface area is 123 Å². The molecule has 0 amide bonds. The number of aromatic hydroxyl groups is 1. The molecule has 1 unspecified atom stereocenters. The smallest absolute Gasteiger partial charge is 0.115 e. The van der Waals surface area contributed by atoms with Crippen LogP contribution >= 0.6 is 0 Å². The van der Waals surface area contributed by atoms with Gasteiger partial charge in [0.25, 0.3) is 0 Å². The predicted octanol–water partition coefficient (Wildman–Crippen LogP) is 2.99. The Bertz CT molecular complexity index is 425. The van der Waals surface area contributed by atoms with E-state index in [-0.39, 0.29) is 5.54 Å². The average molecular weight is 276 g/mol. The SMILES string of the molecule is CC(C)CC1CNC(C)(C)CN1Cc1ccc(O)cc1. The van der Waals surface area contributed by atoms with Gasteiger partial charge < -0.3 is 10.4 Å². The van der Waals surface area contributed by atoms with E-state index in [9.17, 15) is 5.11 Å². The molecular weight excluding hydrogens is 248 g/mol. The summed E-state index contributed by atoms with van der Waals surface area (Å²) in [5.74, 6) is 1.05. The lowest BCUT2D eigenvalue weighted by atomic mass is 9.93. The standard InChI is InChI=1S/C17H28N2O/c1-13(2)9-15-10-18-17(3,4)12-19(15)11-14-5-7-16(20)8-6-14/h5-8,13,15,18,20H,9-12H2,1-4H3. The third kappa shape index (κ3) is 4.22. The zero-order chi connectivity index (χ0) is 14.8. The number of rotatable bonds is 4. The highest BCUT2D eigenvalue weighted by molar-refractivity contribution is 5.26. The second-order valence-electron chi connectivity index (χ2n) is 7.12. The van der Waals surface area contributed by atoms with Crippen molar-refractivity contribution in [2.75, 3.05) is 13.1 Å². The fraction of sp³-hybridized carbons (Fsp3) is 0.647. The minimum atomic E-state index is 0.171. The molecule has 3 nitrogen and oxygen atoms in total. The molecule has 0 radical (unpaired) electrons. The van der Waals surface area contributed by atoms with Gasteiger partial charge in [0.1, 0.15) is 5.75 Å². The highest BCUT2D eigenvalue weighted by Gasteiger charge is 2.32. The van der Waals surface area contributed by atoms with Crippen LogP contribution in [0, 0.1) is 5.92 Å². The molecule has 1 atom stereocenters. The first-order valence-corrected chi connectivity index (χ1v) is 7.63. The van der Waals surface area contributed by atoms with Crippen LogP contribution in [0.2, 0.25) is 0 Å². The summed E-state index contributed by atoms with van der Waals surface area (Å²) in [7, 11) is 0. The minimum Gasteiger partial charge on any atom is -0.508 e. The van der Waals surface area contributed by atoms with Crippen molar-refractivity contribution in [3.63, 3.8) is 0 Å². The van der Waals surface area contributed by atoms with Crippen molar-refractivity contribution in [3.05, 3.63) is 29.8 Å². The molecule has 2 N–H and O–H groups in total. The normalized spacial score (nSPS) is 23.1. The summed E-state index contributed by atoms with van der Waals surface area (Å²) in [4.78, 5) is 2.59. The van der Waals surface area contributed by atoms with Crippen molar-refractivity contribution in [3.8, 4) is 5.75 Å². The first-order chi connectivity index (χ1) is 9.35. The largest absolute Gasteiger partial charge is 0.508 e. The maximum Gasteiger partial charge on any atom is 0.115 e. The van der Waals surface area contributed by atoms with Gasteiger partial charge in [-0.15, -0.1) is 0 Å². The van der Waals surface area contributed by atoms with Crippen molar-refractivity contribution in [1.82, 2.24) is 10.2 Å². The second-order valence-corrected chi connectivity index (χ2v) is 7.12. The Morgan fingerprint density at radius 1 is 1.30 bits per heavy atom. The molecule has 3 heteroatoms. The Kier molecular flexibility index (Phi) is 4.71. The van der Waals surface area contributed by atoms with Gasteiger partial charge in [-0.3, -0.25) is 4.90 Å². The lowest BCUT2D eigenvalue weighted by Crippen LogP contribution is -2.61. The fourth-order valence-electron chi connectivity index (χ4n) is 3.01. The topological polar surface area (TPSA) is 35.5 Å². The number of nitrogens with zero attached hydrogens (tertiary/aromatic N) is 1. The molecule has 0 saturated carbocycles. The van der Waals surface area contributed by atoms with Crippen LogP contribution in [0.5, 0.6) is 5.75 Å². The number of hydrogen-bond acceptors (Lipinski definition) is 3. The van der Waals surface area contributed by atoms with Crippen molar-refractivity contribution in [2.24, 2.45) is 5.92 Å². The Morgan fingerprint density at radius 2 is 1.95 bits per heavy atom. The molecule has 0 aliphatic carbocycles. The lowest BCUT2D eigenvalue weighted by Gasteiger charge is -2.45. The van der Waals surface area contributed by atoms with Crippen LogP contribution in [0.4, 0.5) is 0 Å². The summed E-state index contributed by atoms with van der Waals surface area (Å²) < 4.78 is 0. The van der Waals surface area contributed by atoms with E-state index in [1.54, 1.807) is 12.1 Å². The monoisotopic (exact) mass is 276 g/mol. The molecule has 20 heavy (non-hydrogen) atoms. The van der Waals surface area contributed by atoms with E-state index in [1.165, 1.54) is 12.0 Å². The molecule has 0 aromatic heterocycles. The zero-order valence-corrected chi connectivity index (χ0v) is 13.2. The van der Waals surface area contributed by atoms with Gasteiger partial charge in [-0.2, -0.15) is 0 Å². The minimum absolute atomic E-state index is 0.171. The van der Waals surface area contributed by atoms with Gasteiger partial charge in [-0.25, -0.2) is 0 Å². The van der Waals surface area contributed by atoms with Gasteiger partial charge in [0.05, 0.1) is 0 Å². The number of piperazine rings is 1. The lowest BCUT2D eigenvalue weighted by molar-refractivity contribution is 0.0760. The molecule has 1 aliphatic heterocycles. The highest BCUT2D eigenvalue weighted by atomic mass is 16.3. The van der Waals surface area contributed by atoms with Gasteiger partial charge >= 0.3 is 0 Å². The quantitative estimate of drug-likeness (QED) is 0.887. The third-order valence-corrected chi connectivity index (χ3v) is 4.00. The van der Waals surface area contributed by atoms with Gasteiger partial charge in [-0.05, 0) is 43.9 Å². The Hall–Kier alpha value is -1.06. The van der Waals surface area contributed by atoms with Crippen LogP contribution in [0.3, 0.4) is 0 Å². The first-order valence-electron chi connectivity index (χ1n) is 7.63. The van der Waals surface area contributed by atoms with E-state index >= 15 is 0 Å². The summed E-state index contributed by atoms with van der Waals surface area (Å²) >= 11 is 0. The maximum atomic E-state index is 9.39. The van der Waals surface area contributed by atoms with Crippen LogP contribution in [0.25, 0.3) is 0 Å². The number of hydrogen-bond donors (Lipinski definition) is 2. The summed E-state index contributed by atoms with van der Waals surface area (Å²) in [5, 5.41) is 13.0. The molecule has 1 aromatic rings. The Morgan fingerprint density at radius 3 is 2.55 bits per heavy atom. The van der Waals surface area contributed by atoms with E-state index < -0.39 is 0 Å². The number of benzene rings is 1. The van der Waals surface area contributed by atoms with E-state index in [4.69, 9.17) is 0 Å². The van der Waals surface area contributed by atoms with Crippen LogP contribution in [-0.2, 0) is 6.54 Å². The molecule has 0 bridgehead atoms. The molecule has 1 heterocycles. The third-order valence-electron chi connectivity index (χ3n) is 4.00.